The molecule has 4 atom stereocenters. The van der Waals surface area contributed by atoms with E-state index in [9.17, 15) is 0 Å². The lowest BCUT2D eigenvalue weighted by Gasteiger charge is -2.09. The Balaban J connectivity index is 2.14. The minimum Gasteiger partial charge on any atom is -0.0850 e. The van der Waals surface area contributed by atoms with Gasteiger partial charge in [-0.05, 0) is 31.1 Å². The Morgan fingerprint density at radius 2 is 2.11 bits per heavy atom. The fourth-order valence-corrected chi connectivity index (χ4v) is 3.79. The van der Waals surface area contributed by atoms with Crippen molar-refractivity contribution in [2.24, 2.45) is 17.8 Å². The van der Waals surface area contributed by atoms with Crippen LogP contribution in [0.25, 0.3) is 0 Å². The number of rotatable bonds is 0. The summed E-state index contributed by atoms with van der Waals surface area (Å²) in [6, 6.07) is 0. The summed E-state index contributed by atoms with van der Waals surface area (Å²) in [4.78, 5) is 0. The second kappa shape index (κ2) is 1.55. The van der Waals surface area contributed by atoms with E-state index in [1.54, 1.807) is 0 Å². The normalized spacial score (nSPS) is 63.7. The van der Waals surface area contributed by atoms with Crippen LogP contribution in [0.1, 0.15) is 26.7 Å². The van der Waals surface area contributed by atoms with E-state index in [0.717, 1.165) is 17.8 Å². The maximum absolute atomic E-state index is 3.77. The Kier molecular flexibility index (Phi) is 1.07. The van der Waals surface area contributed by atoms with E-state index < -0.39 is 0 Å². The van der Waals surface area contributed by atoms with Crippen LogP contribution in [0.5, 0.6) is 0 Å². The second-order valence-corrected chi connectivity index (χ2v) is 5.55. The zero-order valence-corrected chi connectivity index (χ0v) is 7.61. The lowest BCUT2D eigenvalue weighted by Crippen LogP contribution is -2.05. The van der Waals surface area contributed by atoms with Crippen molar-refractivity contribution in [3.8, 4) is 0 Å². The number of hydrogen-bond acceptors (Lipinski definition) is 0. The van der Waals surface area contributed by atoms with Gasteiger partial charge < -0.3 is 0 Å². The quantitative estimate of drug-likeness (QED) is 0.514. The maximum Gasteiger partial charge on any atom is 0.0295 e. The van der Waals surface area contributed by atoms with Gasteiger partial charge in [0, 0.05) is 4.32 Å². The van der Waals surface area contributed by atoms with Crippen molar-refractivity contribution in [2.45, 2.75) is 31.0 Å². The molecule has 0 amide bonds. The lowest BCUT2D eigenvalue weighted by atomic mass is 10.0. The van der Waals surface area contributed by atoms with Gasteiger partial charge in [-0.3, -0.25) is 0 Å². The first-order chi connectivity index (χ1) is 4.14. The molecule has 2 aliphatic rings. The van der Waals surface area contributed by atoms with Gasteiger partial charge in [-0.15, -0.1) is 0 Å². The molecule has 0 aromatic carbocycles. The molecule has 2 aliphatic carbocycles. The highest BCUT2D eigenvalue weighted by Crippen LogP contribution is 2.67. The highest BCUT2D eigenvalue weighted by Gasteiger charge is 2.64. The monoisotopic (exact) mass is 188 g/mol. The molecule has 0 saturated heterocycles. The van der Waals surface area contributed by atoms with Crippen LogP contribution in [0, 0.1) is 17.8 Å². The van der Waals surface area contributed by atoms with Crippen molar-refractivity contribution in [3.63, 3.8) is 0 Å². The summed E-state index contributed by atoms with van der Waals surface area (Å²) in [6.45, 7) is 4.73. The lowest BCUT2D eigenvalue weighted by molar-refractivity contribution is 0.502. The highest BCUT2D eigenvalue weighted by molar-refractivity contribution is 9.10. The molecule has 0 spiro atoms. The predicted molar refractivity (Wildman–Crippen MR) is 42.7 cm³/mol. The van der Waals surface area contributed by atoms with Crippen LogP contribution in [-0.2, 0) is 0 Å². The van der Waals surface area contributed by atoms with Gasteiger partial charge >= 0.3 is 0 Å². The second-order valence-electron chi connectivity index (χ2n) is 3.84. The summed E-state index contributed by atoms with van der Waals surface area (Å²) >= 11 is 3.77. The number of alkyl halides is 1. The van der Waals surface area contributed by atoms with Crippen molar-refractivity contribution in [3.05, 3.63) is 0 Å². The molecular weight excluding hydrogens is 176 g/mol. The summed E-state index contributed by atoms with van der Waals surface area (Å²) in [7, 11) is 0. The summed E-state index contributed by atoms with van der Waals surface area (Å²) < 4.78 is 0.546. The first-order valence-corrected chi connectivity index (χ1v) is 4.62. The summed E-state index contributed by atoms with van der Waals surface area (Å²) in [5, 5.41) is 0. The van der Waals surface area contributed by atoms with Gasteiger partial charge in [0.05, 0.1) is 0 Å². The molecule has 0 aromatic rings. The van der Waals surface area contributed by atoms with E-state index in [-0.39, 0.29) is 0 Å². The molecule has 2 fully saturated rings. The van der Waals surface area contributed by atoms with Gasteiger partial charge in [0.15, 0.2) is 0 Å². The molecule has 0 bridgehead atoms. The fourth-order valence-electron chi connectivity index (χ4n) is 2.64. The third-order valence-corrected chi connectivity index (χ3v) is 4.36. The van der Waals surface area contributed by atoms with Crippen molar-refractivity contribution >= 4 is 15.9 Å². The first-order valence-electron chi connectivity index (χ1n) is 3.83. The molecule has 9 heavy (non-hydrogen) atoms. The Hall–Kier alpha value is 0.480. The molecule has 4 unspecified atom stereocenters. The molecule has 1 heteroatoms. The molecular formula is C8H13Br. The molecule has 0 nitrogen and oxygen atoms in total. The Morgan fingerprint density at radius 1 is 1.44 bits per heavy atom. The summed E-state index contributed by atoms with van der Waals surface area (Å²) in [5.41, 5.74) is 0. The van der Waals surface area contributed by atoms with E-state index in [2.05, 4.69) is 29.8 Å². The number of hydrogen-bond donors (Lipinski definition) is 0. The van der Waals surface area contributed by atoms with Crippen molar-refractivity contribution < 1.29 is 0 Å². The Labute approximate surface area is 65.1 Å². The SMILES string of the molecule is CC1CCC2C1C2(C)Br. The van der Waals surface area contributed by atoms with Crippen LogP contribution < -0.4 is 0 Å². The number of fused-ring (bicyclic) bond motifs is 1. The van der Waals surface area contributed by atoms with Crippen LogP contribution >= 0.6 is 15.9 Å². The average molecular weight is 189 g/mol. The van der Waals surface area contributed by atoms with Crippen molar-refractivity contribution in [1.29, 1.82) is 0 Å². The molecule has 2 saturated carbocycles. The van der Waals surface area contributed by atoms with Crippen LogP contribution in [0.2, 0.25) is 0 Å². The first kappa shape index (κ1) is 6.21. The minimum atomic E-state index is 0.546. The maximum atomic E-state index is 3.77. The van der Waals surface area contributed by atoms with Gasteiger partial charge in [-0.25, -0.2) is 0 Å². The van der Waals surface area contributed by atoms with Gasteiger partial charge in [0.25, 0.3) is 0 Å². The molecule has 0 heterocycles. The van der Waals surface area contributed by atoms with E-state index in [1.165, 1.54) is 12.8 Å². The highest BCUT2D eigenvalue weighted by atomic mass is 79.9. The Morgan fingerprint density at radius 3 is 2.33 bits per heavy atom. The van der Waals surface area contributed by atoms with Crippen LogP contribution in [0.4, 0.5) is 0 Å². The van der Waals surface area contributed by atoms with E-state index >= 15 is 0 Å². The largest absolute Gasteiger partial charge is 0.0850 e. The smallest absolute Gasteiger partial charge is 0.0295 e. The zero-order chi connectivity index (χ0) is 6.65. The summed E-state index contributed by atoms with van der Waals surface area (Å²) in [6.07, 6.45) is 2.93. The van der Waals surface area contributed by atoms with Gasteiger partial charge in [0.2, 0.25) is 0 Å². The van der Waals surface area contributed by atoms with Gasteiger partial charge in [-0.1, -0.05) is 29.3 Å². The van der Waals surface area contributed by atoms with E-state index in [0.29, 0.717) is 4.32 Å². The third kappa shape index (κ3) is 0.646. The predicted octanol–water partition coefficient (Wildman–Crippen LogP) is 2.82. The van der Waals surface area contributed by atoms with Crippen LogP contribution in [-0.4, -0.2) is 4.32 Å². The zero-order valence-electron chi connectivity index (χ0n) is 6.02. The van der Waals surface area contributed by atoms with Gasteiger partial charge in [0.1, 0.15) is 0 Å². The molecule has 0 radical (unpaired) electrons. The summed E-state index contributed by atoms with van der Waals surface area (Å²) in [5.74, 6) is 3.02. The van der Waals surface area contributed by atoms with Crippen molar-refractivity contribution in [1.82, 2.24) is 0 Å². The third-order valence-electron chi connectivity index (χ3n) is 3.25. The Bertz CT molecular complexity index is 140. The van der Waals surface area contributed by atoms with Gasteiger partial charge in [-0.2, -0.15) is 0 Å². The van der Waals surface area contributed by atoms with Crippen LogP contribution in [0.3, 0.4) is 0 Å². The molecule has 0 N–H and O–H groups in total. The number of halogens is 1. The minimum absolute atomic E-state index is 0.546. The standard InChI is InChI=1S/C8H13Br/c1-5-3-4-6-7(5)8(6,2)9/h5-7H,3-4H2,1-2H3. The molecule has 2 rings (SSSR count). The topological polar surface area (TPSA) is 0 Å². The molecule has 52 valence electrons. The molecule has 0 aromatic heterocycles. The molecule has 0 aliphatic heterocycles. The van der Waals surface area contributed by atoms with E-state index in [4.69, 9.17) is 0 Å². The van der Waals surface area contributed by atoms with Crippen LogP contribution in [0.15, 0.2) is 0 Å². The average Bonchev–Trinajstić information content (AvgIpc) is 2.19. The van der Waals surface area contributed by atoms with Crippen molar-refractivity contribution in [2.75, 3.05) is 0 Å². The van der Waals surface area contributed by atoms with E-state index in [1.807, 2.05) is 0 Å². The fraction of sp³-hybridized carbons (Fsp3) is 1.00.